The van der Waals surface area contributed by atoms with Gasteiger partial charge in [-0.2, -0.15) is 17.6 Å². The van der Waals surface area contributed by atoms with Crippen molar-refractivity contribution >= 4 is 0 Å². The number of alkyl halides is 4. The van der Waals surface area contributed by atoms with Gasteiger partial charge in [0.25, 0.3) is 0 Å². The SMILES string of the molecule is Fc1ccc([C@H](Cc2ccccc2)c2cc(F)cc(OC(F)(F)C(F)F)c2)cc1. The van der Waals surface area contributed by atoms with Crippen LogP contribution in [-0.2, 0) is 6.42 Å². The molecule has 0 fully saturated rings. The van der Waals surface area contributed by atoms with E-state index in [-0.39, 0.29) is 5.56 Å². The van der Waals surface area contributed by atoms with Gasteiger partial charge in [0.1, 0.15) is 17.4 Å². The summed E-state index contributed by atoms with van der Waals surface area (Å²) in [5.41, 5.74) is 1.71. The van der Waals surface area contributed by atoms with Crippen molar-refractivity contribution in [2.75, 3.05) is 0 Å². The second kappa shape index (κ2) is 8.59. The van der Waals surface area contributed by atoms with E-state index in [0.717, 1.165) is 17.7 Å². The van der Waals surface area contributed by atoms with Crippen LogP contribution in [-0.4, -0.2) is 12.5 Å². The van der Waals surface area contributed by atoms with Crippen LogP contribution in [0.5, 0.6) is 5.75 Å². The largest absolute Gasteiger partial charge is 0.461 e. The Balaban J connectivity index is 2.01. The third kappa shape index (κ3) is 5.31. The molecule has 152 valence electrons. The minimum atomic E-state index is -4.75. The second-order valence-corrected chi connectivity index (χ2v) is 6.48. The van der Waals surface area contributed by atoms with Crippen LogP contribution < -0.4 is 4.74 Å². The monoisotopic (exact) mass is 410 g/mol. The molecule has 3 aromatic rings. The third-order valence-corrected chi connectivity index (χ3v) is 4.36. The Bertz CT molecular complexity index is 941. The van der Waals surface area contributed by atoms with E-state index >= 15 is 0 Å². The Morgan fingerprint density at radius 1 is 0.759 bits per heavy atom. The Hall–Kier alpha value is -2.96. The molecule has 3 rings (SSSR count). The lowest BCUT2D eigenvalue weighted by atomic mass is 9.86. The van der Waals surface area contributed by atoms with E-state index in [4.69, 9.17) is 0 Å². The van der Waals surface area contributed by atoms with Gasteiger partial charge in [0.2, 0.25) is 0 Å². The maximum Gasteiger partial charge on any atom is 0.461 e. The molecule has 7 heteroatoms. The highest BCUT2D eigenvalue weighted by atomic mass is 19.3. The molecule has 1 nitrogen and oxygen atoms in total. The zero-order valence-corrected chi connectivity index (χ0v) is 15.0. The molecule has 0 unspecified atom stereocenters. The number of hydrogen-bond acceptors (Lipinski definition) is 1. The lowest BCUT2D eigenvalue weighted by Crippen LogP contribution is -2.33. The van der Waals surface area contributed by atoms with Crippen molar-refractivity contribution < 1.29 is 31.1 Å². The molecule has 0 N–H and O–H groups in total. The molecule has 0 amide bonds. The molecule has 0 heterocycles. The highest BCUT2D eigenvalue weighted by molar-refractivity contribution is 5.39. The molecule has 3 aromatic carbocycles. The zero-order chi connectivity index (χ0) is 21.0. The first-order chi connectivity index (χ1) is 13.7. The first-order valence-corrected chi connectivity index (χ1v) is 8.69. The fourth-order valence-corrected chi connectivity index (χ4v) is 3.02. The van der Waals surface area contributed by atoms with Crippen LogP contribution in [0, 0.1) is 11.6 Å². The minimum absolute atomic E-state index is 0.237. The number of ether oxygens (including phenoxy) is 1. The van der Waals surface area contributed by atoms with Crippen LogP contribution in [0.4, 0.5) is 26.3 Å². The molecule has 0 aliphatic rings. The van der Waals surface area contributed by atoms with E-state index < -0.39 is 35.8 Å². The number of halogens is 6. The molecular weight excluding hydrogens is 394 g/mol. The lowest BCUT2D eigenvalue weighted by molar-refractivity contribution is -0.253. The van der Waals surface area contributed by atoms with Gasteiger partial charge in [0.15, 0.2) is 0 Å². The van der Waals surface area contributed by atoms with E-state index in [0.29, 0.717) is 18.1 Å². The summed E-state index contributed by atoms with van der Waals surface area (Å²) in [6.45, 7) is 0. The van der Waals surface area contributed by atoms with Crippen molar-refractivity contribution in [1.29, 1.82) is 0 Å². The van der Waals surface area contributed by atoms with Crippen LogP contribution in [0.3, 0.4) is 0 Å². The Kier molecular flexibility index (Phi) is 6.15. The van der Waals surface area contributed by atoms with Gasteiger partial charge < -0.3 is 4.74 Å². The second-order valence-electron chi connectivity index (χ2n) is 6.48. The standard InChI is InChI=1S/C22H16F6O/c23-17-8-6-15(7-9-17)20(10-14-4-2-1-3-5-14)16-11-18(24)13-19(12-16)29-22(27,28)21(25)26/h1-9,11-13,20-21H,10H2/t20-/m0/s1. The minimum Gasteiger partial charge on any atom is -0.428 e. The molecule has 0 spiro atoms. The number of rotatable bonds is 7. The van der Waals surface area contributed by atoms with Crippen molar-refractivity contribution in [3.05, 3.63) is 101 Å². The summed E-state index contributed by atoms with van der Waals surface area (Å²) in [4.78, 5) is 0. The van der Waals surface area contributed by atoms with Crippen molar-refractivity contribution in [1.82, 2.24) is 0 Å². The quantitative estimate of drug-likeness (QED) is 0.400. The summed E-state index contributed by atoms with van der Waals surface area (Å²) in [6, 6.07) is 17.4. The molecule has 0 bridgehead atoms. The van der Waals surface area contributed by atoms with E-state index in [2.05, 4.69) is 4.74 Å². The molecule has 0 aliphatic carbocycles. The fourth-order valence-electron chi connectivity index (χ4n) is 3.02. The molecule has 0 aromatic heterocycles. The fraction of sp³-hybridized carbons (Fsp3) is 0.182. The smallest absolute Gasteiger partial charge is 0.428 e. The normalized spacial score (nSPS) is 12.8. The average molecular weight is 410 g/mol. The van der Waals surface area contributed by atoms with Crippen LogP contribution in [0.1, 0.15) is 22.6 Å². The van der Waals surface area contributed by atoms with Gasteiger partial charge in [-0.3, -0.25) is 0 Å². The van der Waals surface area contributed by atoms with E-state index in [9.17, 15) is 26.3 Å². The van der Waals surface area contributed by atoms with Gasteiger partial charge in [0.05, 0.1) is 0 Å². The Morgan fingerprint density at radius 3 is 2.03 bits per heavy atom. The zero-order valence-electron chi connectivity index (χ0n) is 15.0. The highest BCUT2D eigenvalue weighted by Gasteiger charge is 2.44. The summed E-state index contributed by atoms with van der Waals surface area (Å²) in [5.74, 6) is -2.64. The highest BCUT2D eigenvalue weighted by Crippen LogP contribution is 2.34. The van der Waals surface area contributed by atoms with Gasteiger partial charge in [-0.15, -0.1) is 0 Å². The van der Waals surface area contributed by atoms with Crippen molar-refractivity contribution in [2.24, 2.45) is 0 Å². The molecule has 0 radical (unpaired) electrons. The predicted octanol–water partition coefficient (Wildman–Crippen LogP) is 6.58. The maximum atomic E-state index is 14.1. The number of benzene rings is 3. The van der Waals surface area contributed by atoms with Crippen LogP contribution in [0.2, 0.25) is 0 Å². The summed E-state index contributed by atoms with van der Waals surface area (Å²) < 4.78 is 82.9. The predicted molar refractivity (Wildman–Crippen MR) is 96.4 cm³/mol. The molecule has 0 aliphatic heterocycles. The molecule has 1 atom stereocenters. The maximum absolute atomic E-state index is 14.1. The van der Waals surface area contributed by atoms with E-state index in [1.807, 2.05) is 18.2 Å². The van der Waals surface area contributed by atoms with Gasteiger partial charge >= 0.3 is 12.5 Å². The van der Waals surface area contributed by atoms with Crippen LogP contribution in [0.15, 0.2) is 72.8 Å². The van der Waals surface area contributed by atoms with E-state index in [1.54, 1.807) is 12.1 Å². The summed E-state index contributed by atoms with van der Waals surface area (Å²) in [5, 5.41) is 0. The summed E-state index contributed by atoms with van der Waals surface area (Å²) >= 11 is 0. The van der Waals surface area contributed by atoms with Crippen LogP contribution in [0.25, 0.3) is 0 Å². The van der Waals surface area contributed by atoms with Gasteiger partial charge in [-0.05, 0) is 47.4 Å². The first-order valence-electron chi connectivity index (χ1n) is 8.69. The van der Waals surface area contributed by atoms with Crippen molar-refractivity contribution in [2.45, 2.75) is 24.9 Å². The van der Waals surface area contributed by atoms with Crippen molar-refractivity contribution in [3.8, 4) is 5.75 Å². The Morgan fingerprint density at radius 2 is 1.41 bits per heavy atom. The molecule has 0 saturated carbocycles. The number of hydrogen-bond donors (Lipinski definition) is 0. The van der Waals surface area contributed by atoms with Crippen molar-refractivity contribution in [3.63, 3.8) is 0 Å². The average Bonchev–Trinajstić information content (AvgIpc) is 2.67. The topological polar surface area (TPSA) is 9.23 Å². The van der Waals surface area contributed by atoms with E-state index in [1.165, 1.54) is 24.3 Å². The summed E-state index contributed by atoms with van der Waals surface area (Å²) in [6.07, 6.45) is -8.47. The summed E-state index contributed by atoms with van der Waals surface area (Å²) in [7, 11) is 0. The molecule has 0 saturated heterocycles. The van der Waals surface area contributed by atoms with Gasteiger partial charge in [-0.25, -0.2) is 8.78 Å². The first kappa shape index (κ1) is 20.8. The van der Waals surface area contributed by atoms with Gasteiger partial charge in [-0.1, -0.05) is 42.5 Å². The Labute approximate surface area is 163 Å². The molecule has 29 heavy (non-hydrogen) atoms. The third-order valence-electron chi connectivity index (χ3n) is 4.36. The molecular formula is C22H16F6O. The van der Waals surface area contributed by atoms with Gasteiger partial charge in [0, 0.05) is 12.0 Å². The lowest BCUT2D eigenvalue weighted by Gasteiger charge is -2.21. The van der Waals surface area contributed by atoms with Crippen LogP contribution >= 0.6 is 0 Å².